The molecule has 0 aromatic heterocycles. The van der Waals surface area contributed by atoms with Gasteiger partial charge < -0.3 is 11.1 Å². The number of benzene rings is 1. The van der Waals surface area contributed by atoms with E-state index in [4.69, 9.17) is 5.73 Å². The summed E-state index contributed by atoms with van der Waals surface area (Å²) in [6, 6.07) is 8.13. The molecule has 0 amide bonds. The molecule has 1 aromatic rings. The van der Waals surface area contributed by atoms with Crippen LogP contribution in [0.2, 0.25) is 0 Å². The monoisotopic (exact) mass is 256 g/mol. The average Bonchev–Trinajstić information content (AvgIpc) is 2.18. The van der Waals surface area contributed by atoms with E-state index in [1.165, 1.54) is 0 Å². The van der Waals surface area contributed by atoms with E-state index in [0.717, 1.165) is 10.0 Å². The molecule has 0 aliphatic rings. The Morgan fingerprint density at radius 2 is 1.79 bits per heavy atom. The fraction of sp³-hybridized carbons (Fsp3) is 0.455. The number of hydrogen-bond donors (Lipinski definition) is 2. The lowest BCUT2D eigenvalue weighted by molar-refractivity contribution is 0.349. The van der Waals surface area contributed by atoms with E-state index in [2.05, 4.69) is 35.1 Å². The summed E-state index contributed by atoms with van der Waals surface area (Å²) in [5.41, 5.74) is 7.21. The van der Waals surface area contributed by atoms with Gasteiger partial charge >= 0.3 is 0 Å². The van der Waals surface area contributed by atoms with Crippen LogP contribution >= 0.6 is 15.9 Å². The van der Waals surface area contributed by atoms with Gasteiger partial charge in [0.1, 0.15) is 0 Å². The second kappa shape index (κ2) is 4.43. The number of hydrogen-bond acceptors (Lipinski definition) is 2. The van der Waals surface area contributed by atoms with E-state index < -0.39 is 0 Å². The summed E-state index contributed by atoms with van der Waals surface area (Å²) in [4.78, 5) is 0. The summed E-state index contributed by atoms with van der Waals surface area (Å²) in [6.45, 7) is 4.19. The molecule has 0 saturated carbocycles. The van der Waals surface area contributed by atoms with Gasteiger partial charge in [-0.25, -0.2) is 0 Å². The van der Waals surface area contributed by atoms with E-state index in [0.29, 0.717) is 0 Å². The van der Waals surface area contributed by atoms with Crippen molar-refractivity contribution in [3.05, 3.63) is 34.3 Å². The molecular formula is C11H17BrN2. The zero-order chi connectivity index (χ0) is 10.8. The Bertz CT molecular complexity index is 293. The van der Waals surface area contributed by atoms with Crippen LogP contribution in [0.3, 0.4) is 0 Å². The van der Waals surface area contributed by atoms with Crippen molar-refractivity contribution in [2.24, 2.45) is 5.73 Å². The summed E-state index contributed by atoms with van der Waals surface area (Å²) in [5.74, 6) is 0. The van der Waals surface area contributed by atoms with Crippen LogP contribution in [-0.4, -0.2) is 12.6 Å². The third-order valence-electron chi connectivity index (χ3n) is 2.65. The van der Waals surface area contributed by atoms with E-state index >= 15 is 0 Å². The maximum absolute atomic E-state index is 6.16. The Hall–Kier alpha value is -0.380. The summed E-state index contributed by atoms with van der Waals surface area (Å²) >= 11 is 3.41. The second-order valence-electron chi connectivity index (χ2n) is 4.00. The number of nitrogens with one attached hydrogen (secondary N) is 1. The van der Waals surface area contributed by atoms with Crippen LogP contribution in [0, 0.1) is 0 Å². The topological polar surface area (TPSA) is 38.0 Å². The standard InChI is InChI=1S/C11H17BrN2/c1-11(2,14-3)10(13)8-4-6-9(12)7-5-8/h4-7,10,14H,13H2,1-3H3. The fourth-order valence-electron chi connectivity index (χ4n) is 1.24. The van der Waals surface area contributed by atoms with Gasteiger partial charge in [-0.3, -0.25) is 0 Å². The molecule has 0 heterocycles. The molecule has 1 aromatic carbocycles. The zero-order valence-electron chi connectivity index (χ0n) is 8.84. The van der Waals surface area contributed by atoms with Crippen LogP contribution in [0.1, 0.15) is 25.5 Å². The number of halogens is 1. The molecule has 0 radical (unpaired) electrons. The van der Waals surface area contributed by atoms with Crippen molar-refractivity contribution in [3.8, 4) is 0 Å². The van der Waals surface area contributed by atoms with Crippen molar-refractivity contribution < 1.29 is 0 Å². The average molecular weight is 257 g/mol. The first kappa shape index (κ1) is 11.7. The van der Waals surface area contributed by atoms with Crippen molar-refractivity contribution in [1.29, 1.82) is 0 Å². The minimum absolute atomic E-state index is 0.000556. The third-order valence-corrected chi connectivity index (χ3v) is 3.18. The molecule has 3 N–H and O–H groups in total. The third kappa shape index (κ3) is 2.56. The van der Waals surface area contributed by atoms with Gasteiger partial charge in [0.15, 0.2) is 0 Å². The molecule has 1 rings (SSSR count). The Labute approximate surface area is 94.0 Å². The highest BCUT2D eigenvalue weighted by Crippen LogP contribution is 2.23. The van der Waals surface area contributed by atoms with E-state index in [9.17, 15) is 0 Å². The highest BCUT2D eigenvalue weighted by Gasteiger charge is 2.25. The molecule has 0 bridgehead atoms. The number of nitrogens with two attached hydrogens (primary N) is 1. The molecular weight excluding hydrogens is 240 g/mol. The van der Waals surface area contributed by atoms with Gasteiger partial charge in [-0.15, -0.1) is 0 Å². The molecule has 78 valence electrons. The predicted molar refractivity (Wildman–Crippen MR) is 64.2 cm³/mol. The molecule has 1 atom stereocenters. The molecule has 0 saturated heterocycles. The van der Waals surface area contributed by atoms with E-state index in [1.54, 1.807) is 0 Å². The molecule has 2 nitrogen and oxygen atoms in total. The van der Waals surface area contributed by atoms with Gasteiger partial charge in [-0.1, -0.05) is 28.1 Å². The molecule has 0 aliphatic carbocycles. The maximum Gasteiger partial charge on any atom is 0.0474 e. The molecule has 14 heavy (non-hydrogen) atoms. The quantitative estimate of drug-likeness (QED) is 0.872. The van der Waals surface area contributed by atoms with Crippen LogP contribution in [-0.2, 0) is 0 Å². The predicted octanol–water partition coefficient (Wildman–Crippen LogP) is 2.45. The molecule has 0 aliphatic heterocycles. The first-order valence-electron chi connectivity index (χ1n) is 4.67. The van der Waals surface area contributed by atoms with Gasteiger partial charge in [0.2, 0.25) is 0 Å². The van der Waals surface area contributed by atoms with E-state index in [1.807, 2.05) is 31.3 Å². The Balaban J connectivity index is 2.89. The fourth-order valence-corrected chi connectivity index (χ4v) is 1.51. The highest BCUT2D eigenvalue weighted by atomic mass is 79.9. The minimum atomic E-state index is -0.0895. The van der Waals surface area contributed by atoms with Gasteiger partial charge in [0, 0.05) is 16.1 Å². The SMILES string of the molecule is CNC(C)(C)C(N)c1ccc(Br)cc1. The smallest absolute Gasteiger partial charge is 0.0474 e. The van der Waals surface area contributed by atoms with Crippen LogP contribution in [0.4, 0.5) is 0 Å². The second-order valence-corrected chi connectivity index (χ2v) is 4.92. The molecule has 0 spiro atoms. The Kier molecular flexibility index (Phi) is 3.70. The van der Waals surface area contributed by atoms with Crippen LogP contribution in [0.25, 0.3) is 0 Å². The number of likely N-dealkylation sites (N-methyl/N-ethyl adjacent to an activating group) is 1. The van der Waals surface area contributed by atoms with Crippen molar-refractivity contribution in [1.82, 2.24) is 5.32 Å². The molecule has 1 unspecified atom stereocenters. The van der Waals surface area contributed by atoms with Gasteiger partial charge in [-0.2, -0.15) is 0 Å². The minimum Gasteiger partial charge on any atom is -0.322 e. The summed E-state index contributed by atoms with van der Waals surface area (Å²) < 4.78 is 1.08. The Morgan fingerprint density at radius 1 is 1.29 bits per heavy atom. The zero-order valence-corrected chi connectivity index (χ0v) is 10.4. The largest absolute Gasteiger partial charge is 0.322 e. The lowest BCUT2D eigenvalue weighted by Gasteiger charge is -2.31. The van der Waals surface area contributed by atoms with Crippen molar-refractivity contribution in [2.75, 3.05) is 7.05 Å². The maximum atomic E-state index is 6.16. The van der Waals surface area contributed by atoms with Gasteiger partial charge in [0.05, 0.1) is 0 Å². The highest BCUT2D eigenvalue weighted by molar-refractivity contribution is 9.10. The molecule has 3 heteroatoms. The van der Waals surface area contributed by atoms with Crippen molar-refractivity contribution >= 4 is 15.9 Å². The van der Waals surface area contributed by atoms with Gasteiger partial charge in [-0.05, 0) is 38.6 Å². The first-order valence-corrected chi connectivity index (χ1v) is 5.46. The Morgan fingerprint density at radius 3 is 2.21 bits per heavy atom. The lowest BCUT2D eigenvalue weighted by Crippen LogP contribution is -2.46. The van der Waals surface area contributed by atoms with Crippen LogP contribution < -0.4 is 11.1 Å². The normalized spacial score (nSPS) is 14.1. The van der Waals surface area contributed by atoms with E-state index in [-0.39, 0.29) is 11.6 Å². The lowest BCUT2D eigenvalue weighted by atomic mass is 9.90. The number of rotatable bonds is 3. The van der Waals surface area contributed by atoms with Crippen molar-refractivity contribution in [2.45, 2.75) is 25.4 Å². The van der Waals surface area contributed by atoms with Crippen LogP contribution in [0.15, 0.2) is 28.7 Å². The van der Waals surface area contributed by atoms with Crippen molar-refractivity contribution in [3.63, 3.8) is 0 Å². The summed E-state index contributed by atoms with van der Waals surface area (Å²) in [6.07, 6.45) is 0. The summed E-state index contributed by atoms with van der Waals surface area (Å²) in [5, 5.41) is 3.22. The summed E-state index contributed by atoms with van der Waals surface area (Å²) in [7, 11) is 1.93. The van der Waals surface area contributed by atoms with Crippen LogP contribution in [0.5, 0.6) is 0 Å². The molecule has 0 fully saturated rings. The van der Waals surface area contributed by atoms with Gasteiger partial charge in [0.25, 0.3) is 0 Å². The first-order chi connectivity index (χ1) is 6.47.